The van der Waals surface area contributed by atoms with Crippen LogP contribution in [0.15, 0.2) is 4.79 Å². The molecule has 100 valence electrons. The van der Waals surface area contributed by atoms with Gasteiger partial charge in [-0.2, -0.15) is 4.68 Å². The van der Waals surface area contributed by atoms with E-state index >= 15 is 0 Å². The molecule has 0 radical (unpaired) electrons. The molecule has 0 spiro atoms. The van der Waals surface area contributed by atoms with E-state index in [1.807, 2.05) is 6.92 Å². The summed E-state index contributed by atoms with van der Waals surface area (Å²) >= 11 is 0. The van der Waals surface area contributed by atoms with E-state index in [9.17, 15) is 9.59 Å². The standard InChI is InChI=1S/C11H19N5O2/c1-3-11(6-4-5-7-11)13-9(17)16-10(18)15(12)8(2)14-16/h3-7,12H2,1-2H3,(H,13,17). The highest BCUT2D eigenvalue weighted by Gasteiger charge is 2.34. The first-order chi connectivity index (χ1) is 8.49. The fourth-order valence-electron chi connectivity index (χ4n) is 2.51. The third-order valence-electron chi connectivity index (χ3n) is 3.78. The fraction of sp³-hybridized carbons (Fsp3) is 0.727. The number of nitrogens with two attached hydrogens (primary N) is 1. The Morgan fingerprint density at radius 1 is 1.50 bits per heavy atom. The van der Waals surface area contributed by atoms with Crippen molar-refractivity contribution < 1.29 is 4.79 Å². The predicted octanol–water partition coefficient (Wildman–Crippen LogP) is 0.348. The molecule has 1 aromatic rings. The number of carbonyl (C=O) groups excluding carboxylic acids is 1. The van der Waals surface area contributed by atoms with E-state index in [0.717, 1.165) is 41.5 Å². The summed E-state index contributed by atoms with van der Waals surface area (Å²) in [7, 11) is 0. The lowest BCUT2D eigenvalue weighted by atomic mass is 9.94. The molecule has 1 aliphatic carbocycles. The largest absolute Gasteiger partial charge is 0.373 e. The molecule has 1 heterocycles. The van der Waals surface area contributed by atoms with E-state index in [1.54, 1.807) is 6.92 Å². The van der Waals surface area contributed by atoms with Crippen LogP contribution >= 0.6 is 0 Å². The molecule has 0 unspecified atom stereocenters. The number of hydrogen-bond donors (Lipinski definition) is 2. The molecule has 2 rings (SSSR count). The first-order valence-electron chi connectivity index (χ1n) is 6.25. The molecule has 1 fully saturated rings. The maximum atomic E-state index is 12.1. The van der Waals surface area contributed by atoms with Gasteiger partial charge in [0.05, 0.1) is 0 Å². The zero-order chi connectivity index (χ0) is 13.3. The van der Waals surface area contributed by atoms with Crippen LogP contribution in [0.25, 0.3) is 0 Å². The lowest BCUT2D eigenvalue weighted by Gasteiger charge is -2.28. The Morgan fingerprint density at radius 2 is 2.11 bits per heavy atom. The van der Waals surface area contributed by atoms with Crippen LogP contribution in [0, 0.1) is 6.92 Å². The van der Waals surface area contributed by atoms with Gasteiger partial charge in [0.1, 0.15) is 0 Å². The normalized spacial score (nSPS) is 17.9. The average molecular weight is 253 g/mol. The highest BCUT2D eigenvalue weighted by atomic mass is 16.2. The Balaban J connectivity index is 2.22. The van der Waals surface area contributed by atoms with Crippen LogP contribution in [-0.2, 0) is 0 Å². The molecule has 0 atom stereocenters. The van der Waals surface area contributed by atoms with Crippen LogP contribution in [0.3, 0.4) is 0 Å². The van der Waals surface area contributed by atoms with Crippen molar-refractivity contribution in [1.82, 2.24) is 19.8 Å². The van der Waals surface area contributed by atoms with Crippen molar-refractivity contribution in [2.75, 3.05) is 5.84 Å². The highest BCUT2D eigenvalue weighted by molar-refractivity contribution is 5.76. The number of nitrogen functional groups attached to an aromatic ring is 1. The summed E-state index contributed by atoms with van der Waals surface area (Å²) in [5, 5.41) is 6.78. The van der Waals surface area contributed by atoms with Gasteiger partial charge in [0, 0.05) is 5.54 Å². The smallest absolute Gasteiger partial charge is 0.333 e. The van der Waals surface area contributed by atoms with E-state index < -0.39 is 11.7 Å². The van der Waals surface area contributed by atoms with Crippen molar-refractivity contribution in [3.05, 3.63) is 16.3 Å². The van der Waals surface area contributed by atoms with Gasteiger partial charge in [0.2, 0.25) is 0 Å². The van der Waals surface area contributed by atoms with Gasteiger partial charge < -0.3 is 11.2 Å². The molecule has 1 aliphatic rings. The number of carbonyl (C=O) groups is 1. The van der Waals surface area contributed by atoms with Crippen LogP contribution < -0.4 is 16.8 Å². The minimum absolute atomic E-state index is 0.192. The molecule has 1 saturated carbocycles. The van der Waals surface area contributed by atoms with Crippen molar-refractivity contribution in [1.29, 1.82) is 0 Å². The molecule has 7 heteroatoms. The number of rotatable bonds is 2. The zero-order valence-corrected chi connectivity index (χ0v) is 10.8. The SMILES string of the molecule is CCC1(NC(=O)n2nc(C)n(N)c2=O)CCCC1. The Kier molecular flexibility index (Phi) is 3.14. The lowest BCUT2D eigenvalue weighted by Crippen LogP contribution is -2.50. The maximum Gasteiger partial charge on any atom is 0.373 e. The van der Waals surface area contributed by atoms with Crippen molar-refractivity contribution in [2.45, 2.75) is 51.5 Å². The number of amides is 1. The second-order valence-electron chi connectivity index (χ2n) is 4.88. The second-order valence-corrected chi connectivity index (χ2v) is 4.88. The van der Waals surface area contributed by atoms with E-state index in [0.29, 0.717) is 5.82 Å². The molecule has 3 N–H and O–H groups in total. The first-order valence-corrected chi connectivity index (χ1v) is 6.25. The molecule has 1 aromatic heterocycles. The third kappa shape index (κ3) is 2.00. The molecule has 0 saturated heterocycles. The van der Waals surface area contributed by atoms with E-state index in [2.05, 4.69) is 10.4 Å². The Labute approximate surface area is 105 Å². The minimum atomic E-state index is -0.616. The Bertz CT molecular complexity index is 510. The molecular weight excluding hydrogens is 234 g/mol. The summed E-state index contributed by atoms with van der Waals surface area (Å²) in [5.74, 6) is 5.77. The number of hydrogen-bond acceptors (Lipinski definition) is 4. The molecule has 0 bridgehead atoms. The van der Waals surface area contributed by atoms with Gasteiger partial charge >= 0.3 is 11.7 Å². The predicted molar refractivity (Wildman–Crippen MR) is 66.8 cm³/mol. The Hall–Kier alpha value is -1.79. The van der Waals surface area contributed by atoms with Crippen molar-refractivity contribution in [3.8, 4) is 0 Å². The van der Waals surface area contributed by atoms with E-state index in [1.165, 1.54) is 0 Å². The number of nitrogens with zero attached hydrogens (tertiary/aromatic N) is 3. The van der Waals surface area contributed by atoms with Gasteiger partial charge in [-0.25, -0.2) is 9.59 Å². The maximum absolute atomic E-state index is 12.1. The lowest BCUT2D eigenvalue weighted by molar-refractivity contribution is 0.220. The van der Waals surface area contributed by atoms with Crippen molar-refractivity contribution in [3.63, 3.8) is 0 Å². The van der Waals surface area contributed by atoms with E-state index in [4.69, 9.17) is 5.84 Å². The molecule has 0 aliphatic heterocycles. The van der Waals surface area contributed by atoms with E-state index in [-0.39, 0.29) is 5.54 Å². The quantitative estimate of drug-likeness (QED) is 0.743. The van der Waals surface area contributed by atoms with Gasteiger partial charge in [0.25, 0.3) is 0 Å². The third-order valence-corrected chi connectivity index (χ3v) is 3.78. The summed E-state index contributed by atoms with van der Waals surface area (Å²) in [5.41, 5.74) is -0.808. The summed E-state index contributed by atoms with van der Waals surface area (Å²) in [6, 6.07) is -0.490. The number of aryl methyl sites for hydroxylation is 1. The zero-order valence-electron chi connectivity index (χ0n) is 10.8. The van der Waals surface area contributed by atoms with Crippen LogP contribution in [0.2, 0.25) is 0 Å². The summed E-state index contributed by atoms with van der Waals surface area (Å²) < 4.78 is 1.66. The number of nitrogens with one attached hydrogen (secondary N) is 1. The summed E-state index contributed by atoms with van der Waals surface area (Å²) in [4.78, 5) is 23.7. The summed E-state index contributed by atoms with van der Waals surface area (Å²) in [6.45, 7) is 3.62. The van der Waals surface area contributed by atoms with Gasteiger partial charge in [0.15, 0.2) is 5.82 Å². The topological polar surface area (TPSA) is 94.9 Å². The summed E-state index contributed by atoms with van der Waals surface area (Å²) in [6.07, 6.45) is 4.97. The van der Waals surface area contributed by atoms with Gasteiger partial charge in [-0.1, -0.05) is 19.8 Å². The minimum Gasteiger partial charge on any atom is -0.333 e. The van der Waals surface area contributed by atoms with Crippen molar-refractivity contribution in [2.24, 2.45) is 0 Å². The number of aromatic nitrogens is 3. The van der Waals surface area contributed by atoms with Crippen LogP contribution in [0.4, 0.5) is 4.79 Å². The fourth-order valence-corrected chi connectivity index (χ4v) is 2.51. The van der Waals surface area contributed by atoms with Crippen LogP contribution in [0.5, 0.6) is 0 Å². The van der Waals surface area contributed by atoms with Crippen LogP contribution in [0.1, 0.15) is 44.9 Å². The Morgan fingerprint density at radius 3 is 2.56 bits per heavy atom. The molecule has 0 aromatic carbocycles. The molecule has 7 nitrogen and oxygen atoms in total. The molecule has 18 heavy (non-hydrogen) atoms. The van der Waals surface area contributed by atoms with Crippen LogP contribution in [-0.4, -0.2) is 26.0 Å². The molecular formula is C11H19N5O2. The highest BCUT2D eigenvalue weighted by Crippen LogP contribution is 2.32. The van der Waals surface area contributed by atoms with Gasteiger partial charge in [-0.3, -0.25) is 0 Å². The first kappa shape index (κ1) is 12.7. The van der Waals surface area contributed by atoms with Gasteiger partial charge in [-0.05, 0) is 26.2 Å². The van der Waals surface area contributed by atoms with Gasteiger partial charge in [-0.15, -0.1) is 9.78 Å². The monoisotopic (exact) mass is 253 g/mol. The second kappa shape index (κ2) is 4.47. The molecule has 1 amide bonds. The van der Waals surface area contributed by atoms with Crippen molar-refractivity contribution >= 4 is 6.03 Å². The average Bonchev–Trinajstić information content (AvgIpc) is 2.91.